The molecule has 0 aliphatic heterocycles. The second kappa shape index (κ2) is 6.39. The second-order valence-corrected chi connectivity index (χ2v) is 6.73. The van der Waals surface area contributed by atoms with Crippen LogP contribution in [-0.4, -0.2) is 27.7 Å². The number of imidazole rings is 1. The molecule has 0 fully saturated rings. The molecule has 4 rings (SSSR count). The van der Waals surface area contributed by atoms with Crippen molar-refractivity contribution in [3.05, 3.63) is 54.0 Å². The van der Waals surface area contributed by atoms with Gasteiger partial charge in [-0.05, 0) is 23.6 Å². The van der Waals surface area contributed by atoms with Gasteiger partial charge in [-0.15, -0.1) is 16.4 Å². The molecule has 0 bridgehead atoms. The molecule has 0 aliphatic carbocycles. The Morgan fingerprint density at radius 3 is 2.83 bits per heavy atom. The normalized spacial score (nSPS) is 11.0. The summed E-state index contributed by atoms with van der Waals surface area (Å²) in [6.45, 7) is 1.29. The molecule has 7 heteroatoms. The van der Waals surface area contributed by atoms with Crippen LogP contribution in [0.15, 0.2) is 54.0 Å². The van der Waals surface area contributed by atoms with Crippen LogP contribution in [0.3, 0.4) is 0 Å². The van der Waals surface area contributed by atoms with Crippen LogP contribution in [0.1, 0.15) is 0 Å². The molecule has 1 N–H and O–H groups in total. The van der Waals surface area contributed by atoms with Gasteiger partial charge in [0, 0.05) is 0 Å². The number of fused-ring (bicyclic) bond motifs is 1. The largest absolute Gasteiger partial charge is 0.492 e. The second-order valence-electron chi connectivity index (χ2n) is 4.83. The van der Waals surface area contributed by atoms with Crippen LogP contribution in [0.5, 0.6) is 5.75 Å². The summed E-state index contributed by atoms with van der Waals surface area (Å²) in [6.07, 6.45) is 1.96. The standard InChI is InChI=1S/C16H14N4OS2/c1-2-5-12(6-3-1)21-9-8-17-15-19-20-11-13(18-16(20)23-15)14-7-4-10-22-14/h1-7,10-11H,8-9H2,(H,17,19). The summed E-state index contributed by atoms with van der Waals surface area (Å²) in [6, 6.07) is 13.9. The molecular formula is C16H14N4OS2. The summed E-state index contributed by atoms with van der Waals surface area (Å²) >= 11 is 3.22. The Hall–Kier alpha value is -2.38. The van der Waals surface area contributed by atoms with E-state index in [1.54, 1.807) is 22.7 Å². The molecule has 0 unspecified atom stereocenters. The van der Waals surface area contributed by atoms with E-state index in [0.29, 0.717) is 13.2 Å². The topological polar surface area (TPSA) is 51.5 Å². The van der Waals surface area contributed by atoms with Crippen LogP contribution in [-0.2, 0) is 0 Å². The van der Waals surface area contributed by atoms with Crippen LogP contribution < -0.4 is 10.1 Å². The molecule has 0 amide bonds. The highest BCUT2D eigenvalue weighted by Gasteiger charge is 2.09. The molecule has 23 heavy (non-hydrogen) atoms. The van der Waals surface area contributed by atoms with Crippen LogP contribution >= 0.6 is 22.7 Å². The van der Waals surface area contributed by atoms with E-state index in [0.717, 1.165) is 26.4 Å². The lowest BCUT2D eigenvalue weighted by Crippen LogP contribution is -2.11. The van der Waals surface area contributed by atoms with E-state index >= 15 is 0 Å². The van der Waals surface area contributed by atoms with Crippen molar-refractivity contribution in [2.75, 3.05) is 18.5 Å². The molecular weight excluding hydrogens is 328 g/mol. The summed E-state index contributed by atoms with van der Waals surface area (Å²) in [4.78, 5) is 6.66. The van der Waals surface area contributed by atoms with Crippen molar-refractivity contribution < 1.29 is 4.74 Å². The maximum Gasteiger partial charge on any atom is 0.214 e. The number of para-hydroxylation sites is 1. The molecule has 0 aliphatic rings. The number of aromatic nitrogens is 3. The van der Waals surface area contributed by atoms with Crippen LogP contribution in [0.2, 0.25) is 0 Å². The lowest BCUT2D eigenvalue weighted by Gasteiger charge is -2.05. The van der Waals surface area contributed by atoms with Crippen molar-refractivity contribution in [2.45, 2.75) is 0 Å². The minimum atomic E-state index is 0.590. The first-order valence-electron chi connectivity index (χ1n) is 7.20. The molecule has 0 radical (unpaired) electrons. The first-order valence-corrected chi connectivity index (χ1v) is 8.90. The Morgan fingerprint density at radius 2 is 2.04 bits per heavy atom. The van der Waals surface area contributed by atoms with Gasteiger partial charge in [0.15, 0.2) is 0 Å². The lowest BCUT2D eigenvalue weighted by atomic mass is 10.3. The number of nitrogens with one attached hydrogen (secondary N) is 1. The molecule has 4 aromatic rings. The molecule has 3 heterocycles. The summed E-state index contributed by atoms with van der Waals surface area (Å²) in [5, 5.41) is 10.7. The Labute approximate surface area is 141 Å². The zero-order valence-electron chi connectivity index (χ0n) is 12.2. The molecule has 5 nitrogen and oxygen atoms in total. The average molecular weight is 342 g/mol. The lowest BCUT2D eigenvalue weighted by molar-refractivity contribution is 0.333. The Kier molecular flexibility index (Phi) is 3.95. The fourth-order valence-electron chi connectivity index (χ4n) is 2.16. The third-order valence-electron chi connectivity index (χ3n) is 3.21. The van der Waals surface area contributed by atoms with E-state index in [1.165, 1.54) is 0 Å². The molecule has 1 aromatic carbocycles. The maximum absolute atomic E-state index is 5.64. The Morgan fingerprint density at radius 1 is 1.13 bits per heavy atom. The number of benzene rings is 1. The number of thiophene rings is 1. The summed E-state index contributed by atoms with van der Waals surface area (Å²) < 4.78 is 7.46. The van der Waals surface area contributed by atoms with Crippen molar-refractivity contribution >= 4 is 32.8 Å². The van der Waals surface area contributed by atoms with Crippen molar-refractivity contribution in [1.82, 2.24) is 14.6 Å². The van der Waals surface area contributed by atoms with E-state index in [-0.39, 0.29) is 0 Å². The number of nitrogens with zero attached hydrogens (tertiary/aromatic N) is 3. The molecule has 0 spiro atoms. The highest BCUT2D eigenvalue weighted by Crippen LogP contribution is 2.27. The van der Waals surface area contributed by atoms with Gasteiger partial charge in [0.2, 0.25) is 10.1 Å². The van der Waals surface area contributed by atoms with Gasteiger partial charge < -0.3 is 10.1 Å². The Balaban J connectivity index is 1.35. The van der Waals surface area contributed by atoms with Crippen LogP contribution in [0.4, 0.5) is 5.13 Å². The minimum Gasteiger partial charge on any atom is -0.492 e. The smallest absolute Gasteiger partial charge is 0.214 e. The summed E-state index contributed by atoms with van der Waals surface area (Å²) in [5.41, 5.74) is 0.970. The Bertz CT molecular complexity index is 852. The van der Waals surface area contributed by atoms with E-state index in [1.807, 2.05) is 47.1 Å². The summed E-state index contributed by atoms with van der Waals surface area (Å²) in [5.74, 6) is 0.879. The first-order chi connectivity index (χ1) is 11.4. The minimum absolute atomic E-state index is 0.590. The van der Waals surface area contributed by atoms with Gasteiger partial charge >= 0.3 is 0 Å². The van der Waals surface area contributed by atoms with E-state index < -0.39 is 0 Å². The van der Waals surface area contributed by atoms with Crippen molar-refractivity contribution in [3.8, 4) is 16.3 Å². The van der Waals surface area contributed by atoms with Gasteiger partial charge in [0.05, 0.1) is 17.6 Å². The number of hydrogen-bond donors (Lipinski definition) is 1. The fourth-order valence-corrected chi connectivity index (χ4v) is 3.65. The van der Waals surface area contributed by atoms with E-state index in [4.69, 9.17) is 4.74 Å². The van der Waals surface area contributed by atoms with Gasteiger partial charge in [-0.2, -0.15) is 0 Å². The first kappa shape index (κ1) is 14.2. The van der Waals surface area contributed by atoms with Gasteiger partial charge in [0.25, 0.3) is 0 Å². The quantitative estimate of drug-likeness (QED) is 0.538. The molecule has 0 saturated carbocycles. The third kappa shape index (κ3) is 3.20. The SMILES string of the molecule is c1ccc(OCCNc2nn3cc(-c4cccs4)nc3s2)cc1. The van der Waals surface area contributed by atoms with E-state index in [2.05, 4.69) is 26.8 Å². The van der Waals surface area contributed by atoms with Gasteiger partial charge in [-0.25, -0.2) is 9.50 Å². The molecule has 0 atom stereocenters. The zero-order chi connectivity index (χ0) is 15.5. The monoisotopic (exact) mass is 342 g/mol. The zero-order valence-corrected chi connectivity index (χ0v) is 13.8. The number of rotatable bonds is 6. The van der Waals surface area contributed by atoms with Crippen LogP contribution in [0.25, 0.3) is 15.5 Å². The highest BCUT2D eigenvalue weighted by molar-refractivity contribution is 7.20. The molecule has 3 aromatic heterocycles. The third-order valence-corrected chi connectivity index (χ3v) is 4.98. The van der Waals surface area contributed by atoms with Crippen molar-refractivity contribution in [1.29, 1.82) is 0 Å². The van der Waals surface area contributed by atoms with Crippen molar-refractivity contribution in [2.24, 2.45) is 0 Å². The maximum atomic E-state index is 5.64. The predicted molar refractivity (Wildman–Crippen MR) is 94.6 cm³/mol. The fraction of sp³-hybridized carbons (Fsp3) is 0.125. The van der Waals surface area contributed by atoms with Gasteiger partial charge in [0.1, 0.15) is 18.1 Å². The van der Waals surface area contributed by atoms with E-state index in [9.17, 15) is 0 Å². The molecule has 0 saturated heterocycles. The number of hydrogen-bond acceptors (Lipinski definition) is 6. The van der Waals surface area contributed by atoms with Crippen molar-refractivity contribution in [3.63, 3.8) is 0 Å². The number of ether oxygens (including phenoxy) is 1. The average Bonchev–Trinajstić information content (AvgIpc) is 3.27. The predicted octanol–water partition coefficient (Wildman–Crippen LogP) is 4.01. The van der Waals surface area contributed by atoms with Gasteiger partial charge in [-0.3, -0.25) is 0 Å². The van der Waals surface area contributed by atoms with Gasteiger partial charge in [-0.1, -0.05) is 35.6 Å². The molecule has 116 valence electrons. The number of anilines is 1. The summed E-state index contributed by atoms with van der Waals surface area (Å²) in [7, 11) is 0. The van der Waals surface area contributed by atoms with Crippen LogP contribution in [0, 0.1) is 0 Å². The highest BCUT2D eigenvalue weighted by atomic mass is 32.1.